The summed E-state index contributed by atoms with van der Waals surface area (Å²) in [5.41, 5.74) is 2.52. The van der Waals surface area contributed by atoms with Crippen molar-refractivity contribution >= 4 is 11.0 Å². The lowest BCUT2D eigenvalue weighted by Crippen LogP contribution is -2.38. The molecule has 3 aromatic rings. The molecule has 0 spiro atoms. The molecule has 1 atom stereocenters. The van der Waals surface area contributed by atoms with Crippen LogP contribution in [-0.2, 0) is 13.0 Å². The topological polar surface area (TPSA) is 58.6 Å². The van der Waals surface area contributed by atoms with Crippen LogP contribution in [0.3, 0.4) is 0 Å². The zero-order chi connectivity index (χ0) is 19.3. The molecular weight excluding hydrogens is 352 g/mol. The van der Waals surface area contributed by atoms with E-state index in [4.69, 9.17) is 8.83 Å². The van der Waals surface area contributed by atoms with E-state index in [1.165, 1.54) is 24.8 Å². The van der Waals surface area contributed by atoms with Gasteiger partial charge in [-0.3, -0.25) is 4.90 Å². The van der Waals surface area contributed by atoms with Crippen molar-refractivity contribution in [1.29, 1.82) is 0 Å². The van der Waals surface area contributed by atoms with Gasteiger partial charge >= 0.3 is 5.63 Å². The molecule has 0 bridgehead atoms. The summed E-state index contributed by atoms with van der Waals surface area (Å²) in [6.45, 7) is 5.70. The Morgan fingerprint density at radius 2 is 2.00 bits per heavy atom. The molecule has 2 aromatic heterocycles. The van der Waals surface area contributed by atoms with Crippen LogP contribution in [0.15, 0.2) is 56.3 Å². The van der Waals surface area contributed by atoms with Crippen LogP contribution in [0.5, 0.6) is 0 Å². The summed E-state index contributed by atoms with van der Waals surface area (Å²) < 4.78 is 11.1. The third kappa shape index (κ3) is 4.21. The van der Waals surface area contributed by atoms with Crippen molar-refractivity contribution in [1.82, 2.24) is 10.2 Å². The molecule has 1 saturated heterocycles. The first-order chi connectivity index (χ1) is 13.7. The van der Waals surface area contributed by atoms with E-state index in [0.717, 1.165) is 42.8 Å². The Kier molecular flexibility index (Phi) is 5.93. The summed E-state index contributed by atoms with van der Waals surface area (Å²) in [6, 6.07) is 12.0. The number of fused-ring (bicyclic) bond motifs is 1. The summed E-state index contributed by atoms with van der Waals surface area (Å²) in [5, 5.41) is 4.55. The summed E-state index contributed by atoms with van der Waals surface area (Å²) in [7, 11) is 0. The predicted molar refractivity (Wildman–Crippen MR) is 110 cm³/mol. The highest BCUT2D eigenvalue weighted by atomic mass is 16.4. The van der Waals surface area contributed by atoms with Gasteiger partial charge in [0.05, 0.1) is 12.3 Å². The maximum Gasteiger partial charge on any atom is 0.336 e. The van der Waals surface area contributed by atoms with Gasteiger partial charge in [0.2, 0.25) is 0 Å². The summed E-state index contributed by atoms with van der Waals surface area (Å²) >= 11 is 0. The van der Waals surface area contributed by atoms with Crippen LogP contribution in [-0.4, -0.2) is 24.5 Å². The quantitative estimate of drug-likeness (QED) is 0.621. The maximum atomic E-state index is 12.0. The fraction of sp³-hybridized carbons (Fsp3) is 0.435. The molecule has 1 aliphatic heterocycles. The van der Waals surface area contributed by atoms with Crippen LogP contribution >= 0.6 is 0 Å². The molecule has 1 fully saturated rings. The van der Waals surface area contributed by atoms with Gasteiger partial charge in [-0.05, 0) is 61.7 Å². The lowest BCUT2D eigenvalue weighted by Gasteiger charge is -2.33. The van der Waals surface area contributed by atoms with Gasteiger partial charge in [0.15, 0.2) is 0 Å². The predicted octanol–water partition coefficient (Wildman–Crippen LogP) is 4.27. The zero-order valence-corrected chi connectivity index (χ0v) is 16.4. The van der Waals surface area contributed by atoms with E-state index in [2.05, 4.69) is 35.3 Å². The van der Waals surface area contributed by atoms with Crippen molar-refractivity contribution in [2.45, 2.75) is 45.2 Å². The standard InChI is InChI=1S/C23H28N2O3/c1-2-17-8-9-19-18(14-23(26)28-22(19)13-17)15-24-16-20(21-7-6-12-27-21)25-10-4-3-5-11-25/h6-9,12-14,20,24H,2-5,10-11,15-16H2,1H3/t20-/m1/s1. The highest BCUT2D eigenvalue weighted by Gasteiger charge is 2.24. The van der Waals surface area contributed by atoms with Crippen LogP contribution < -0.4 is 10.9 Å². The number of nitrogens with one attached hydrogen (secondary N) is 1. The van der Waals surface area contributed by atoms with Crippen LogP contribution in [0.1, 0.15) is 49.1 Å². The number of rotatable bonds is 7. The first kappa shape index (κ1) is 19.0. The molecule has 1 N–H and O–H groups in total. The Bertz CT molecular complexity index is 956. The molecule has 0 saturated carbocycles. The Morgan fingerprint density at radius 3 is 2.75 bits per heavy atom. The van der Waals surface area contributed by atoms with Gasteiger partial charge in [-0.2, -0.15) is 0 Å². The van der Waals surface area contributed by atoms with Gasteiger partial charge in [0, 0.05) is 24.5 Å². The van der Waals surface area contributed by atoms with Gasteiger partial charge < -0.3 is 14.2 Å². The van der Waals surface area contributed by atoms with E-state index in [0.29, 0.717) is 12.1 Å². The molecule has 148 valence electrons. The van der Waals surface area contributed by atoms with E-state index in [9.17, 15) is 4.79 Å². The minimum absolute atomic E-state index is 0.216. The fourth-order valence-corrected chi connectivity index (χ4v) is 4.10. The second-order valence-electron chi connectivity index (χ2n) is 7.53. The molecule has 28 heavy (non-hydrogen) atoms. The van der Waals surface area contributed by atoms with E-state index >= 15 is 0 Å². The molecule has 5 heteroatoms. The Labute approximate surface area is 165 Å². The fourth-order valence-electron chi connectivity index (χ4n) is 4.10. The smallest absolute Gasteiger partial charge is 0.336 e. The Hall–Kier alpha value is -2.37. The van der Waals surface area contributed by atoms with Gasteiger partial charge in [0.1, 0.15) is 11.3 Å². The minimum Gasteiger partial charge on any atom is -0.468 e. The molecule has 0 unspecified atom stereocenters. The minimum atomic E-state index is -0.295. The summed E-state index contributed by atoms with van der Waals surface area (Å²) in [4.78, 5) is 14.5. The number of aryl methyl sites for hydroxylation is 1. The number of piperidine rings is 1. The molecule has 4 rings (SSSR count). The highest BCUT2D eigenvalue weighted by Crippen LogP contribution is 2.25. The van der Waals surface area contributed by atoms with Gasteiger partial charge in [-0.25, -0.2) is 4.79 Å². The van der Waals surface area contributed by atoms with E-state index < -0.39 is 0 Å². The Balaban J connectivity index is 1.50. The van der Waals surface area contributed by atoms with Crippen molar-refractivity contribution in [3.8, 4) is 0 Å². The van der Waals surface area contributed by atoms with Crippen LogP contribution in [0.4, 0.5) is 0 Å². The normalized spacial score (nSPS) is 16.5. The lowest BCUT2D eigenvalue weighted by atomic mass is 10.1. The summed E-state index contributed by atoms with van der Waals surface area (Å²) in [6.07, 6.45) is 6.44. The second-order valence-corrected chi connectivity index (χ2v) is 7.53. The van der Waals surface area contributed by atoms with Crippen molar-refractivity contribution in [2.75, 3.05) is 19.6 Å². The van der Waals surface area contributed by atoms with Gasteiger partial charge in [0.25, 0.3) is 0 Å². The van der Waals surface area contributed by atoms with E-state index in [1.54, 1.807) is 12.3 Å². The molecular formula is C23H28N2O3. The molecule has 0 radical (unpaired) electrons. The van der Waals surface area contributed by atoms with E-state index in [-0.39, 0.29) is 11.7 Å². The first-order valence-corrected chi connectivity index (χ1v) is 10.3. The third-order valence-corrected chi connectivity index (χ3v) is 5.66. The molecule has 1 aliphatic rings. The zero-order valence-electron chi connectivity index (χ0n) is 16.4. The Morgan fingerprint density at radius 1 is 1.14 bits per heavy atom. The van der Waals surface area contributed by atoms with Crippen LogP contribution in [0.25, 0.3) is 11.0 Å². The first-order valence-electron chi connectivity index (χ1n) is 10.3. The van der Waals surface area contributed by atoms with Crippen LogP contribution in [0.2, 0.25) is 0 Å². The van der Waals surface area contributed by atoms with Crippen molar-refractivity contribution in [3.05, 3.63) is 70.0 Å². The molecule has 5 nitrogen and oxygen atoms in total. The molecule has 1 aromatic carbocycles. The SMILES string of the molecule is CCc1ccc2c(CNC[C@H](c3ccco3)N3CCCCC3)cc(=O)oc2c1. The maximum absolute atomic E-state index is 12.0. The lowest BCUT2D eigenvalue weighted by molar-refractivity contribution is 0.142. The highest BCUT2D eigenvalue weighted by molar-refractivity contribution is 5.80. The monoisotopic (exact) mass is 380 g/mol. The van der Waals surface area contributed by atoms with Crippen molar-refractivity contribution in [2.24, 2.45) is 0 Å². The van der Waals surface area contributed by atoms with Crippen molar-refractivity contribution < 1.29 is 8.83 Å². The number of furan rings is 1. The average Bonchev–Trinajstić information content (AvgIpc) is 3.25. The van der Waals surface area contributed by atoms with Crippen LogP contribution in [0, 0.1) is 0 Å². The number of likely N-dealkylation sites (tertiary alicyclic amines) is 1. The molecule has 3 heterocycles. The number of hydrogen-bond donors (Lipinski definition) is 1. The average molecular weight is 380 g/mol. The van der Waals surface area contributed by atoms with Gasteiger partial charge in [-0.1, -0.05) is 25.5 Å². The number of hydrogen-bond acceptors (Lipinski definition) is 5. The molecule has 0 amide bonds. The van der Waals surface area contributed by atoms with E-state index in [1.807, 2.05) is 12.1 Å². The van der Waals surface area contributed by atoms with Gasteiger partial charge in [-0.15, -0.1) is 0 Å². The number of nitrogens with zero attached hydrogens (tertiary/aromatic N) is 1. The summed E-state index contributed by atoms with van der Waals surface area (Å²) in [5.74, 6) is 0.999. The third-order valence-electron chi connectivity index (χ3n) is 5.66. The molecule has 0 aliphatic carbocycles. The number of benzene rings is 1. The largest absolute Gasteiger partial charge is 0.468 e. The van der Waals surface area contributed by atoms with Crippen molar-refractivity contribution in [3.63, 3.8) is 0 Å². The second kappa shape index (κ2) is 8.76.